The molecule has 3 heterocycles. The summed E-state index contributed by atoms with van der Waals surface area (Å²) in [4.78, 5) is 21.4. The first-order valence-electron chi connectivity index (χ1n) is 9.77. The Bertz CT molecular complexity index is 551. The predicted octanol–water partition coefficient (Wildman–Crippen LogP) is 3.04. The van der Waals surface area contributed by atoms with Gasteiger partial charge in [-0.3, -0.25) is 4.98 Å². The number of pyridine rings is 1. The number of carbonyl (C=O) groups is 1. The SMILES string of the molecule is Cc1ccc(CNC(=O)N2CCC[C@H](CN3CCC(C)CC3)C2)cn1. The Morgan fingerprint density at radius 3 is 2.76 bits per heavy atom. The van der Waals surface area contributed by atoms with Gasteiger partial charge in [0.2, 0.25) is 0 Å². The smallest absolute Gasteiger partial charge is 0.317 e. The second kappa shape index (κ2) is 8.65. The maximum atomic E-state index is 12.5. The van der Waals surface area contributed by atoms with Crippen molar-refractivity contribution in [3.05, 3.63) is 29.6 Å². The van der Waals surface area contributed by atoms with E-state index in [1.54, 1.807) is 0 Å². The topological polar surface area (TPSA) is 48.5 Å². The van der Waals surface area contributed by atoms with E-state index in [9.17, 15) is 4.79 Å². The van der Waals surface area contributed by atoms with Crippen LogP contribution in [-0.2, 0) is 6.54 Å². The third-order valence-electron chi connectivity index (χ3n) is 5.62. The average Bonchev–Trinajstić information content (AvgIpc) is 2.63. The molecule has 0 saturated carbocycles. The first kappa shape index (κ1) is 18.2. The van der Waals surface area contributed by atoms with Crippen molar-refractivity contribution >= 4 is 6.03 Å². The Labute approximate surface area is 151 Å². The molecular weight excluding hydrogens is 312 g/mol. The van der Waals surface area contributed by atoms with Gasteiger partial charge in [0.1, 0.15) is 0 Å². The normalized spacial score (nSPS) is 22.8. The molecule has 5 heteroatoms. The molecule has 0 unspecified atom stereocenters. The highest BCUT2D eigenvalue weighted by molar-refractivity contribution is 5.74. The molecular formula is C20H32N4O. The lowest BCUT2D eigenvalue weighted by atomic mass is 9.94. The number of rotatable bonds is 4. The van der Waals surface area contributed by atoms with E-state index in [-0.39, 0.29) is 6.03 Å². The molecule has 0 radical (unpaired) electrons. The van der Waals surface area contributed by atoms with E-state index in [2.05, 4.69) is 22.1 Å². The Morgan fingerprint density at radius 1 is 1.24 bits per heavy atom. The summed E-state index contributed by atoms with van der Waals surface area (Å²) < 4.78 is 0. The molecule has 25 heavy (non-hydrogen) atoms. The summed E-state index contributed by atoms with van der Waals surface area (Å²) >= 11 is 0. The zero-order valence-corrected chi connectivity index (χ0v) is 15.7. The minimum atomic E-state index is 0.0672. The van der Waals surface area contributed by atoms with Gasteiger partial charge in [-0.2, -0.15) is 0 Å². The van der Waals surface area contributed by atoms with Crippen molar-refractivity contribution in [1.82, 2.24) is 20.1 Å². The summed E-state index contributed by atoms with van der Waals surface area (Å²) in [5.41, 5.74) is 2.05. The molecule has 2 amide bonds. The Hall–Kier alpha value is -1.62. The number of aryl methyl sites for hydroxylation is 1. The van der Waals surface area contributed by atoms with Gasteiger partial charge in [-0.05, 0) is 69.2 Å². The number of hydrogen-bond acceptors (Lipinski definition) is 3. The molecule has 5 nitrogen and oxygen atoms in total. The van der Waals surface area contributed by atoms with E-state index in [1.807, 2.05) is 30.2 Å². The van der Waals surface area contributed by atoms with Gasteiger partial charge >= 0.3 is 6.03 Å². The van der Waals surface area contributed by atoms with Crippen molar-refractivity contribution in [1.29, 1.82) is 0 Å². The van der Waals surface area contributed by atoms with Crippen LogP contribution in [0.2, 0.25) is 0 Å². The molecule has 2 fully saturated rings. The number of urea groups is 1. The van der Waals surface area contributed by atoms with E-state index in [0.29, 0.717) is 12.5 Å². The Balaban J connectivity index is 1.43. The Kier molecular flexibility index (Phi) is 6.29. The van der Waals surface area contributed by atoms with E-state index < -0.39 is 0 Å². The summed E-state index contributed by atoms with van der Waals surface area (Å²) in [6, 6.07) is 4.08. The van der Waals surface area contributed by atoms with Gasteiger partial charge in [0, 0.05) is 38.1 Å². The van der Waals surface area contributed by atoms with Crippen molar-refractivity contribution in [2.75, 3.05) is 32.7 Å². The molecule has 2 aliphatic rings. The molecule has 1 aromatic heterocycles. The van der Waals surface area contributed by atoms with Crippen molar-refractivity contribution < 1.29 is 4.79 Å². The number of amides is 2. The number of carbonyl (C=O) groups excluding carboxylic acids is 1. The highest BCUT2D eigenvalue weighted by Crippen LogP contribution is 2.21. The minimum Gasteiger partial charge on any atom is -0.334 e. The first-order chi connectivity index (χ1) is 12.1. The van der Waals surface area contributed by atoms with Crippen LogP contribution in [0.3, 0.4) is 0 Å². The lowest BCUT2D eigenvalue weighted by molar-refractivity contribution is 0.120. The van der Waals surface area contributed by atoms with Crippen LogP contribution in [0.1, 0.15) is 43.9 Å². The van der Waals surface area contributed by atoms with Crippen LogP contribution in [0.5, 0.6) is 0 Å². The molecule has 3 rings (SSSR count). The van der Waals surface area contributed by atoms with Crippen molar-refractivity contribution in [2.45, 2.75) is 46.1 Å². The molecule has 0 bridgehead atoms. The minimum absolute atomic E-state index is 0.0672. The lowest BCUT2D eigenvalue weighted by Crippen LogP contribution is -2.48. The van der Waals surface area contributed by atoms with Crippen LogP contribution in [0.15, 0.2) is 18.3 Å². The number of likely N-dealkylation sites (tertiary alicyclic amines) is 2. The van der Waals surface area contributed by atoms with Crippen molar-refractivity contribution in [2.24, 2.45) is 11.8 Å². The second-order valence-corrected chi connectivity index (χ2v) is 7.90. The van der Waals surface area contributed by atoms with Crippen LogP contribution in [0.25, 0.3) is 0 Å². The number of piperidine rings is 2. The fourth-order valence-electron chi connectivity index (χ4n) is 3.90. The third-order valence-corrected chi connectivity index (χ3v) is 5.62. The quantitative estimate of drug-likeness (QED) is 0.913. The largest absolute Gasteiger partial charge is 0.334 e. The third kappa shape index (κ3) is 5.43. The summed E-state index contributed by atoms with van der Waals surface area (Å²) in [5, 5.41) is 3.05. The molecule has 0 aromatic carbocycles. The molecule has 1 atom stereocenters. The van der Waals surface area contributed by atoms with E-state index in [1.165, 1.54) is 32.4 Å². The van der Waals surface area contributed by atoms with Crippen LogP contribution < -0.4 is 5.32 Å². The molecule has 1 N–H and O–H groups in total. The molecule has 0 spiro atoms. The zero-order valence-electron chi connectivity index (χ0n) is 15.7. The Morgan fingerprint density at radius 2 is 2.04 bits per heavy atom. The highest BCUT2D eigenvalue weighted by atomic mass is 16.2. The second-order valence-electron chi connectivity index (χ2n) is 7.90. The maximum absolute atomic E-state index is 12.5. The molecule has 2 saturated heterocycles. The average molecular weight is 345 g/mol. The van der Waals surface area contributed by atoms with Crippen molar-refractivity contribution in [3.8, 4) is 0 Å². The monoisotopic (exact) mass is 344 g/mol. The summed E-state index contributed by atoms with van der Waals surface area (Å²) in [6.07, 6.45) is 6.85. The van der Waals surface area contributed by atoms with Gasteiger partial charge in [0.05, 0.1) is 0 Å². The molecule has 1 aromatic rings. The van der Waals surface area contributed by atoms with E-state index in [0.717, 1.165) is 43.2 Å². The van der Waals surface area contributed by atoms with E-state index >= 15 is 0 Å². The van der Waals surface area contributed by atoms with Gasteiger partial charge in [-0.25, -0.2) is 4.79 Å². The molecule has 138 valence electrons. The molecule has 0 aliphatic carbocycles. The van der Waals surface area contributed by atoms with Gasteiger partial charge < -0.3 is 15.1 Å². The summed E-state index contributed by atoms with van der Waals surface area (Å²) in [6.45, 7) is 10.3. The lowest BCUT2D eigenvalue weighted by Gasteiger charge is -2.37. The fraction of sp³-hybridized carbons (Fsp3) is 0.700. The number of hydrogen-bond donors (Lipinski definition) is 1. The first-order valence-corrected chi connectivity index (χ1v) is 9.77. The van der Waals surface area contributed by atoms with Crippen LogP contribution in [0.4, 0.5) is 4.79 Å². The van der Waals surface area contributed by atoms with Gasteiger partial charge in [0.25, 0.3) is 0 Å². The number of nitrogens with zero attached hydrogens (tertiary/aromatic N) is 3. The van der Waals surface area contributed by atoms with Crippen LogP contribution in [-0.4, -0.2) is 53.5 Å². The standard InChI is InChI=1S/C20H32N4O/c1-16-7-10-23(11-8-16)14-19-4-3-9-24(15-19)20(25)22-13-18-6-5-17(2)21-12-18/h5-6,12,16,19H,3-4,7-11,13-15H2,1-2H3,(H,22,25)/t19-/m1/s1. The van der Waals surface area contributed by atoms with Gasteiger partial charge in [0.15, 0.2) is 0 Å². The van der Waals surface area contributed by atoms with Gasteiger partial charge in [-0.15, -0.1) is 0 Å². The number of nitrogens with one attached hydrogen (secondary N) is 1. The zero-order chi connectivity index (χ0) is 17.6. The van der Waals surface area contributed by atoms with Crippen LogP contribution >= 0.6 is 0 Å². The highest BCUT2D eigenvalue weighted by Gasteiger charge is 2.26. The summed E-state index contributed by atoms with van der Waals surface area (Å²) in [7, 11) is 0. The van der Waals surface area contributed by atoms with E-state index in [4.69, 9.17) is 0 Å². The molecule has 2 aliphatic heterocycles. The van der Waals surface area contributed by atoms with Crippen LogP contribution in [0, 0.1) is 18.8 Å². The summed E-state index contributed by atoms with van der Waals surface area (Å²) in [5.74, 6) is 1.50. The van der Waals surface area contributed by atoms with Gasteiger partial charge in [-0.1, -0.05) is 13.0 Å². The van der Waals surface area contributed by atoms with Crippen molar-refractivity contribution in [3.63, 3.8) is 0 Å². The fourth-order valence-corrected chi connectivity index (χ4v) is 3.90. The maximum Gasteiger partial charge on any atom is 0.317 e. The number of aromatic nitrogens is 1. The predicted molar refractivity (Wildman–Crippen MR) is 100 cm³/mol.